The van der Waals surface area contributed by atoms with Crippen LogP contribution in [0.4, 0.5) is 18.9 Å². The molecule has 0 aliphatic carbocycles. The minimum Gasteiger partial charge on any atom is -0.406 e. The number of alkyl halides is 3. The van der Waals surface area contributed by atoms with Crippen molar-refractivity contribution in [3.05, 3.63) is 60.2 Å². The molecule has 1 atom stereocenters. The zero-order valence-corrected chi connectivity index (χ0v) is 17.8. The van der Waals surface area contributed by atoms with E-state index in [1.807, 2.05) is 0 Å². The number of carbonyl (C=O) groups is 1. The van der Waals surface area contributed by atoms with Gasteiger partial charge in [-0.15, -0.1) is 13.2 Å². The fourth-order valence-corrected chi connectivity index (χ4v) is 4.57. The number of aliphatic hydroxyl groups is 1. The number of rotatable bonds is 7. The van der Waals surface area contributed by atoms with Crippen LogP contribution in [-0.2, 0) is 14.8 Å². The van der Waals surface area contributed by atoms with Crippen molar-refractivity contribution < 1.29 is 41.4 Å². The van der Waals surface area contributed by atoms with Crippen molar-refractivity contribution in [2.24, 2.45) is 0 Å². The molecule has 3 rings (SSSR count). The summed E-state index contributed by atoms with van der Waals surface area (Å²) in [7, 11) is -4.13. The van der Waals surface area contributed by atoms with E-state index in [1.165, 1.54) is 17.1 Å². The number of hydrogen-bond donors (Lipinski definition) is 3. The molecule has 1 amide bonds. The van der Waals surface area contributed by atoms with Crippen LogP contribution < -0.4 is 15.1 Å². The van der Waals surface area contributed by atoms with E-state index in [0.29, 0.717) is 11.3 Å². The Morgan fingerprint density at radius 3 is 2.36 bits per heavy atom. The summed E-state index contributed by atoms with van der Waals surface area (Å²) in [5.74, 6) is -1.07. The van der Waals surface area contributed by atoms with E-state index < -0.39 is 40.8 Å². The minimum absolute atomic E-state index is 0.0268. The molecule has 2 aromatic rings. The van der Waals surface area contributed by atoms with Gasteiger partial charge in [-0.05, 0) is 42.0 Å². The average Bonchev–Trinajstić information content (AvgIpc) is 2.77. The van der Waals surface area contributed by atoms with E-state index >= 15 is 0 Å². The smallest absolute Gasteiger partial charge is 0.406 e. The second-order valence-corrected chi connectivity index (χ2v) is 8.83. The number of ether oxygens (including phenoxy) is 1. The molecule has 2 aromatic carbocycles. The number of nitrogens with zero attached hydrogens (tertiary/aromatic N) is 2. The molecule has 1 aliphatic heterocycles. The predicted molar refractivity (Wildman–Crippen MR) is 111 cm³/mol. The van der Waals surface area contributed by atoms with Crippen molar-refractivity contribution in [1.29, 1.82) is 0 Å². The maximum Gasteiger partial charge on any atom is 0.573 e. The maximum absolute atomic E-state index is 12.9. The van der Waals surface area contributed by atoms with Crippen LogP contribution in [0.1, 0.15) is 5.56 Å². The Hall–Kier alpha value is -2.97. The molecule has 0 aromatic heterocycles. The van der Waals surface area contributed by atoms with Crippen molar-refractivity contribution >= 4 is 27.7 Å². The lowest BCUT2D eigenvalue weighted by atomic mass is 10.1. The number of anilines is 1. The molecule has 0 radical (unpaired) electrons. The van der Waals surface area contributed by atoms with Crippen LogP contribution in [0, 0.1) is 0 Å². The molecule has 0 saturated carbocycles. The molecule has 3 N–H and O–H groups in total. The van der Waals surface area contributed by atoms with Crippen LogP contribution >= 0.6 is 0 Å². The summed E-state index contributed by atoms with van der Waals surface area (Å²) in [6.07, 6.45) is -3.47. The molecule has 0 bridgehead atoms. The van der Waals surface area contributed by atoms with E-state index in [-0.39, 0.29) is 18.0 Å². The molecule has 1 fully saturated rings. The molecule has 13 heteroatoms. The van der Waals surface area contributed by atoms with Crippen molar-refractivity contribution in [3.63, 3.8) is 0 Å². The first-order chi connectivity index (χ1) is 15.5. The van der Waals surface area contributed by atoms with E-state index in [1.54, 1.807) is 29.7 Å². The van der Waals surface area contributed by atoms with Crippen molar-refractivity contribution in [2.45, 2.75) is 17.5 Å². The Morgan fingerprint density at radius 2 is 1.76 bits per heavy atom. The molecule has 1 unspecified atom stereocenters. The Morgan fingerprint density at radius 1 is 1.09 bits per heavy atom. The topological polar surface area (TPSA) is 119 Å². The number of hydroxylamine groups is 1. The highest BCUT2D eigenvalue weighted by molar-refractivity contribution is 7.89. The van der Waals surface area contributed by atoms with Crippen molar-refractivity contribution in [3.8, 4) is 5.75 Å². The molecule has 9 nitrogen and oxygen atoms in total. The second kappa shape index (κ2) is 9.89. The molecular formula is C20H20F3N3O6S. The minimum atomic E-state index is -4.90. The van der Waals surface area contributed by atoms with Gasteiger partial charge in [-0.1, -0.05) is 24.3 Å². The number of sulfonamides is 1. The van der Waals surface area contributed by atoms with E-state index in [4.69, 9.17) is 5.21 Å². The number of benzene rings is 2. The Labute approximate surface area is 187 Å². The summed E-state index contributed by atoms with van der Waals surface area (Å²) in [4.78, 5) is 13.9. The van der Waals surface area contributed by atoms with Crippen LogP contribution in [0.2, 0.25) is 0 Å². The van der Waals surface area contributed by atoms with Gasteiger partial charge in [0.1, 0.15) is 12.0 Å². The van der Waals surface area contributed by atoms with Gasteiger partial charge in [0.05, 0.1) is 17.1 Å². The zero-order chi connectivity index (χ0) is 24.2. The van der Waals surface area contributed by atoms with Crippen LogP contribution in [-0.4, -0.2) is 61.2 Å². The second-order valence-electron chi connectivity index (χ2n) is 6.90. The quantitative estimate of drug-likeness (QED) is 0.403. The third-order valence-corrected chi connectivity index (χ3v) is 6.56. The lowest BCUT2D eigenvalue weighted by Crippen LogP contribution is -2.52. The number of piperazine rings is 1. The molecule has 1 aliphatic rings. The lowest BCUT2D eigenvalue weighted by molar-refractivity contribution is -0.274. The summed E-state index contributed by atoms with van der Waals surface area (Å²) in [6.45, 7) is -0.491. The SMILES string of the molecule is O=C1CN(S(=O)(=O)c2ccc(OC(F)(F)F)cc2)CCN1c1ccccc1/C=C/C(O)NO. The highest BCUT2D eigenvalue weighted by atomic mass is 32.2. The number of hydrogen-bond acceptors (Lipinski definition) is 7. The monoisotopic (exact) mass is 487 g/mol. The van der Waals surface area contributed by atoms with Gasteiger partial charge in [-0.3, -0.25) is 4.79 Å². The first kappa shape index (κ1) is 24.7. The molecule has 1 saturated heterocycles. The van der Waals surface area contributed by atoms with Crippen molar-refractivity contribution in [1.82, 2.24) is 9.79 Å². The van der Waals surface area contributed by atoms with Gasteiger partial charge in [0.25, 0.3) is 0 Å². The van der Waals surface area contributed by atoms with Crippen LogP contribution in [0.25, 0.3) is 6.08 Å². The zero-order valence-electron chi connectivity index (χ0n) is 16.9. The number of para-hydroxylation sites is 1. The highest BCUT2D eigenvalue weighted by Gasteiger charge is 2.35. The van der Waals surface area contributed by atoms with Gasteiger partial charge in [0.15, 0.2) is 0 Å². The number of aliphatic hydroxyl groups excluding tert-OH is 1. The number of carbonyl (C=O) groups excluding carboxylic acids is 1. The fourth-order valence-electron chi connectivity index (χ4n) is 3.19. The third-order valence-electron chi connectivity index (χ3n) is 4.70. The Kier molecular flexibility index (Phi) is 7.39. The standard InChI is InChI=1S/C20H20F3N3O6S/c21-20(22,23)32-15-6-8-16(9-7-15)33(30,31)25-11-12-26(19(28)13-25)17-4-2-1-3-14(17)5-10-18(27)24-29/h1-10,18,24,27,29H,11-13H2/b10-5+. The van der Waals surface area contributed by atoms with Crippen LogP contribution in [0.15, 0.2) is 59.5 Å². The number of amides is 1. The van der Waals surface area contributed by atoms with Crippen molar-refractivity contribution in [2.75, 3.05) is 24.5 Å². The summed E-state index contributed by atoms with van der Waals surface area (Å²) < 4.78 is 67.3. The van der Waals surface area contributed by atoms with Gasteiger partial charge < -0.3 is 20.0 Å². The van der Waals surface area contributed by atoms with Gasteiger partial charge >= 0.3 is 6.36 Å². The van der Waals surface area contributed by atoms with Crippen LogP contribution in [0.3, 0.4) is 0 Å². The summed E-state index contributed by atoms with van der Waals surface area (Å²) >= 11 is 0. The van der Waals surface area contributed by atoms with Gasteiger partial charge in [0.2, 0.25) is 15.9 Å². The average molecular weight is 487 g/mol. The first-order valence-corrected chi connectivity index (χ1v) is 11.0. The maximum atomic E-state index is 12.9. The van der Waals surface area contributed by atoms with Gasteiger partial charge in [0, 0.05) is 13.1 Å². The third kappa shape index (κ3) is 6.09. The largest absolute Gasteiger partial charge is 0.573 e. The summed E-state index contributed by atoms with van der Waals surface area (Å²) in [5, 5.41) is 18.1. The summed E-state index contributed by atoms with van der Waals surface area (Å²) in [5.41, 5.74) is 2.68. The molecule has 33 heavy (non-hydrogen) atoms. The number of halogens is 3. The fraction of sp³-hybridized carbons (Fsp3) is 0.250. The summed E-state index contributed by atoms with van der Waals surface area (Å²) in [6, 6.07) is 10.5. The van der Waals surface area contributed by atoms with E-state index in [9.17, 15) is 31.5 Å². The Bertz CT molecular complexity index is 1120. The van der Waals surface area contributed by atoms with E-state index in [2.05, 4.69) is 4.74 Å². The Balaban J connectivity index is 1.75. The highest BCUT2D eigenvalue weighted by Crippen LogP contribution is 2.28. The van der Waals surface area contributed by atoms with Gasteiger partial charge in [-0.25, -0.2) is 8.42 Å². The van der Waals surface area contributed by atoms with E-state index in [0.717, 1.165) is 28.6 Å². The first-order valence-electron chi connectivity index (χ1n) is 9.52. The van der Waals surface area contributed by atoms with Gasteiger partial charge in [-0.2, -0.15) is 9.79 Å². The molecular weight excluding hydrogens is 467 g/mol. The van der Waals surface area contributed by atoms with Crippen LogP contribution in [0.5, 0.6) is 5.75 Å². The number of nitrogens with one attached hydrogen (secondary N) is 1. The molecule has 0 spiro atoms. The normalized spacial score (nSPS) is 16.9. The molecule has 1 heterocycles. The predicted octanol–water partition coefficient (Wildman–Crippen LogP) is 1.93. The molecule has 178 valence electrons. The lowest BCUT2D eigenvalue weighted by Gasteiger charge is -2.34.